The van der Waals surface area contributed by atoms with E-state index in [4.69, 9.17) is 12.2 Å². The highest BCUT2D eigenvalue weighted by Gasteiger charge is 2.64. The van der Waals surface area contributed by atoms with Crippen LogP contribution in [0.2, 0.25) is 0 Å². The summed E-state index contributed by atoms with van der Waals surface area (Å²) in [5, 5.41) is 13.6. The number of fused-ring (bicyclic) bond motifs is 5. The van der Waals surface area contributed by atoms with Crippen LogP contribution in [0.15, 0.2) is 16.6 Å². The summed E-state index contributed by atoms with van der Waals surface area (Å²) in [4.78, 5) is 16.1. The third-order valence-electron chi connectivity index (χ3n) is 8.30. The predicted octanol–water partition coefficient (Wildman–Crippen LogP) is 4.31. The largest absolute Gasteiger partial charge is 0.368 e. The van der Waals surface area contributed by atoms with Crippen LogP contribution in [-0.2, 0) is 4.79 Å². The van der Waals surface area contributed by atoms with Gasteiger partial charge in [-0.25, -0.2) is 0 Å². The van der Waals surface area contributed by atoms with Gasteiger partial charge in [0, 0.05) is 11.8 Å². The van der Waals surface area contributed by atoms with Gasteiger partial charge in [0.2, 0.25) is 0 Å². The number of thiocarbonyl (C=S) groups is 1. The topological polar surface area (TPSA) is 49.7 Å². The van der Waals surface area contributed by atoms with Crippen LogP contribution in [0, 0.1) is 28.6 Å². The van der Waals surface area contributed by atoms with Gasteiger partial charge in [-0.3, -0.25) is 4.79 Å². The lowest BCUT2D eigenvalue weighted by molar-refractivity contribution is -0.126. The first kappa shape index (κ1) is 16.6. The molecule has 0 saturated heterocycles. The van der Waals surface area contributed by atoms with E-state index in [1.54, 1.807) is 0 Å². The Bertz CT molecular complexity index is 667. The maximum absolute atomic E-state index is 11.9. The van der Waals surface area contributed by atoms with E-state index in [0.717, 1.165) is 38.5 Å². The molecule has 4 rings (SSSR count). The zero-order valence-electron chi connectivity index (χ0n) is 14.7. The molecule has 0 amide bonds. The van der Waals surface area contributed by atoms with Crippen molar-refractivity contribution in [1.29, 1.82) is 0 Å². The van der Waals surface area contributed by atoms with Crippen LogP contribution in [-0.4, -0.2) is 21.8 Å². The highest BCUT2D eigenvalue weighted by Crippen LogP contribution is 2.67. The van der Waals surface area contributed by atoms with E-state index < -0.39 is 5.72 Å². The maximum atomic E-state index is 11.9. The number of hydrogen-bond acceptors (Lipinski definition) is 4. The van der Waals surface area contributed by atoms with Gasteiger partial charge < -0.3 is 5.11 Å². The molecule has 6 atom stereocenters. The molecular formula is C20H27NO2S. The Balaban J connectivity index is 1.70. The van der Waals surface area contributed by atoms with Crippen molar-refractivity contribution in [3.05, 3.63) is 11.6 Å². The quantitative estimate of drug-likeness (QED) is 0.569. The van der Waals surface area contributed by atoms with E-state index >= 15 is 0 Å². The highest BCUT2D eigenvalue weighted by molar-refractivity contribution is 7.78. The van der Waals surface area contributed by atoms with Crippen molar-refractivity contribution in [3.63, 3.8) is 0 Å². The normalized spacial score (nSPS) is 50.2. The molecule has 0 heterocycles. The third kappa shape index (κ3) is 2.03. The number of carbonyl (C=O) groups excluding carboxylic acids is 1. The number of aliphatic imine (C=N–C) groups is 1. The maximum Gasteiger partial charge on any atom is 0.171 e. The van der Waals surface area contributed by atoms with Gasteiger partial charge in [-0.05, 0) is 86.4 Å². The number of nitrogens with zero attached hydrogens (tertiary/aromatic N) is 1. The van der Waals surface area contributed by atoms with Crippen LogP contribution in [0.25, 0.3) is 0 Å². The molecule has 3 saturated carbocycles. The summed E-state index contributed by atoms with van der Waals surface area (Å²) in [6.07, 6.45) is 9.70. The molecule has 4 aliphatic rings. The number of isothiocyanates is 1. The number of allylic oxidation sites excluding steroid dienone is 1. The Morgan fingerprint density at radius 2 is 1.92 bits per heavy atom. The second-order valence-electron chi connectivity index (χ2n) is 8.98. The summed E-state index contributed by atoms with van der Waals surface area (Å²) < 4.78 is 0. The lowest BCUT2D eigenvalue weighted by atomic mass is 9.47. The Labute approximate surface area is 149 Å². The monoisotopic (exact) mass is 345 g/mol. The van der Waals surface area contributed by atoms with Crippen LogP contribution in [0.1, 0.15) is 65.2 Å². The van der Waals surface area contributed by atoms with Gasteiger partial charge in [0.15, 0.2) is 11.5 Å². The van der Waals surface area contributed by atoms with E-state index in [9.17, 15) is 9.90 Å². The fourth-order valence-electron chi connectivity index (χ4n) is 6.81. The minimum atomic E-state index is -1.02. The molecule has 0 bridgehead atoms. The fourth-order valence-corrected chi connectivity index (χ4v) is 6.96. The summed E-state index contributed by atoms with van der Waals surface area (Å²) in [5.41, 5.74) is 0.381. The van der Waals surface area contributed by atoms with E-state index in [-0.39, 0.29) is 10.8 Å². The number of aliphatic hydroxyl groups is 1. The van der Waals surface area contributed by atoms with E-state index in [2.05, 4.69) is 24.0 Å². The molecular weight excluding hydrogens is 318 g/mol. The summed E-state index contributed by atoms with van der Waals surface area (Å²) >= 11 is 4.81. The second-order valence-corrected chi connectivity index (χ2v) is 9.17. The van der Waals surface area contributed by atoms with Gasteiger partial charge in [-0.15, -0.1) is 0 Å². The Hall–Kier alpha value is -0.830. The molecule has 0 aromatic heterocycles. The average Bonchev–Trinajstić information content (AvgIpc) is 2.80. The van der Waals surface area contributed by atoms with Gasteiger partial charge in [0.1, 0.15) is 0 Å². The number of carbonyl (C=O) groups is 1. The molecule has 1 N–H and O–H groups in total. The van der Waals surface area contributed by atoms with Crippen LogP contribution in [0.4, 0.5) is 0 Å². The smallest absolute Gasteiger partial charge is 0.171 e. The van der Waals surface area contributed by atoms with Crippen molar-refractivity contribution in [1.82, 2.24) is 0 Å². The van der Waals surface area contributed by atoms with Gasteiger partial charge >= 0.3 is 0 Å². The number of hydrogen-bond donors (Lipinski definition) is 1. The average molecular weight is 346 g/mol. The van der Waals surface area contributed by atoms with Gasteiger partial charge in [-0.2, -0.15) is 4.99 Å². The Kier molecular flexibility index (Phi) is 3.69. The lowest BCUT2D eigenvalue weighted by Gasteiger charge is -2.58. The zero-order chi connectivity index (χ0) is 17.2. The first-order valence-corrected chi connectivity index (χ1v) is 9.80. The molecule has 0 spiro atoms. The van der Waals surface area contributed by atoms with Crippen molar-refractivity contribution in [3.8, 4) is 0 Å². The summed E-state index contributed by atoms with van der Waals surface area (Å²) in [5.74, 6) is 2.09. The lowest BCUT2D eigenvalue weighted by Crippen LogP contribution is -2.54. The van der Waals surface area contributed by atoms with Gasteiger partial charge in [0.25, 0.3) is 0 Å². The van der Waals surface area contributed by atoms with E-state index in [1.165, 1.54) is 5.57 Å². The fraction of sp³-hybridized carbons (Fsp3) is 0.800. The zero-order valence-corrected chi connectivity index (χ0v) is 15.5. The van der Waals surface area contributed by atoms with Crippen molar-refractivity contribution >= 4 is 23.2 Å². The molecule has 3 nitrogen and oxygen atoms in total. The number of ketones is 1. The standard InChI is InChI=1S/C20H27NO2S/c1-18-8-5-14(22)11-13(18)3-4-15-16(18)6-9-19(2)17(15)7-10-20(19,23)21-12-24/h11,15-17,23H,3-10H2,1-2H3/t15-,16-,17-,18+,19?,20?/m1/s1. The van der Waals surface area contributed by atoms with Crippen molar-refractivity contribution in [2.45, 2.75) is 70.9 Å². The predicted molar refractivity (Wildman–Crippen MR) is 96.7 cm³/mol. The molecule has 3 fully saturated rings. The molecule has 2 unspecified atom stereocenters. The first-order chi connectivity index (χ1) is 11.3. The van der Waals surface area contributed by atoms with E-state index in [0.29, 0.717) is 36.4 Å². The SMILES string of the molecule is CC12CC[C@@H]3[C@@H](CCC4=CC(=O)CC[C@@]43C)[C@H]1CCC2(O)N=C=S. The molecule has 0 aromatic carbocycles. The van der Waals surface area contributed by atoms with Crippen LogP contribution < -0.4 is 0 Å². The minimum absolute atomic E-state index is 0.179. The summed E-state index contributed by atoms with van der Waals surface area (Å²) in [6, 6.07) is 0. The molecule has 24 heavy (non-hydrogen) atoms. The Morgan fingerprint density at radius 1 is 1.17 bits per heavy atom. The van der Waals surface area contributed by atoms with E-state index in [1.807, 2.05) is 6.08 Å². The minimum Gasteiger partial charge on any atom is -0.368 e. The molecule has 0 radical (unpaired) electrons. The van der Waals surface area contributed by atoms with Crippen LogP contribution in [0.5, 0.6) is 0 Å². The molecule has 4 aliphatic carbocycles. The second kappa shape index (κ2) is 5.33. The number of rotatable bonds is 1. The van der Waals surface area contributed by atoms with Crippen molar-refractivity contribution in [2.24, 2.45) is 33.6 Å². The summed E-state index contributed by atoms with van der Waals surface area (Å²) in [7, 11) is 0. The third-order valence-corrected chi connectivity index (χ3v) is 8.39. The first-order valence-electron chi connectivity index (χ1n) is 9.39. The van der Waals surface area contributed by atoms with Gasteiger partial charge in [0.05, 0.1) is 5.16 Å². The highest BCUT2D eigenvalue weighted by atomic mass is 32.1. The molecule has 4 heteroatoms. The summed E-state index contributed by atoms with van der Waals surface area (Å²) in [6.45, 7) is 4.61. The molecule has 0 aliphatic heterocycles. The Morgan fingerprint density at radius 3 is 2.67 bits per heavy atom. The van der Waals surface area contributed by atoms with Crippen LogP contribution >= 0.6 is 12.2 Å². The molecule has 0 aromatic rings. The van der Waals surface area contributed by atoms with Crippen molar-refractivity contribution < 1.29 is 9.90 Å². The van der Waals surface area contributed by atoms with Crippen LogP contribution in [0.3, 0.4) is 0 Å². The van der Waals surface area contributed by atoms with Gasteiger partial charge in [-0.1, -0.05) is 19.4 Å². The van der Waals surface area contributed by atoms with Crippen molar-refractivity contribution in [2.75, 3.05) is 0 Å². The molecule has 130 valence electrons.